The van der Waals surface area contributed by atoms with Gasteiger partial charge in [-0.3, -0.25) is 4.79 Å². The van der Waals surface area contributed by atoms with Gasteiger partial charge in [0.15, 0.2) is 11.5 Å². The van der Waals surface area contributed by atoms with Crippen molar-refractivity contribution in [2.45, 2.75) is 25.6 Å². The standard InChI is InChI=1S/C24H27NO6/c1-15-23(31-19-8-6-5-7-18(19)30-15)24(26)25-11-9-16(10-12-25)22-20(28-3)13-17(27-2)14-21(22)29-4/h5-9,13-15,23H,10-12H2,1-4H3/t15-,23+/m1/s1. The van der Waals surface area contributed by atoms with E-state index >= 15 is 0 Å². The van der Waals surface area contributed by atoms with Gasteiger partial charge in [-0.15, -0.1) is 0 Å². The van der Waals surface area contributed by atoms with E-state index in [1.54, 1.807) is 26.2 Å². The second-order valence-corrected chi connectivity index (χ2v) is 7.48. The molecule has 0 aromatic heterocycles. The third-order valence-electron chi connectivity index (χ3n) is 5.64. The summed E-state index contributed by atoms with van der Waals surface area (Å²) in [5, 5.41) is 0. The lowest BCUT2D eigenvalue weighted by molar-refractivity contribution is -0.143. The largest absolute Gasteiger partial charge is 0.496 e. The first-order chi connectivity index (χ1) is 15.0. The van der Waals surface area contributed by atoms with Crippen molar-refractivity contribution >= 4 is 11.5 Å². The van der Waals surface area contributed by atoms with E-state index in [1.165, 1.54) is 0 Å². The number of rotatable bonds is 5. The molecule has 7 nitrogen and oxygen atoms in total. The van der Waals surface area contributed by atoms with Crippen LogP contribution >= 0.6 is 0 Å². The second kappa shape index (κ2) is 8.79. The molecule has 0 bridgehead atoms. The first-order valence-corrected chi connectivity index (χ1v) is 10.3. The van der Waals surface area contributed by atoms with Gasteiger partial charge < -0.3 is 28.6 Å². The maximum Gasteiger partial charge on any atom is 0.267 e. The van der Waals surface area contributed by atoms with Crippen molar-refractivity contribution in [3.05, 3.63) is 48.0 Å². The Morgan fingerprint density at radius 1 is 1.00 bits per heavy atom. The fourth-order valence-electron chi connectivity index (χ4n) is 3.99. The Morgan fingerprint density at radius 3 is 2.19 bits per heavy atom. The molecule has 0 saturated heterocycles. The van der Waals surface area contributed by atoms with Crippen molar-refractivity contribution in [2.75, 3.05) is 34.4 Å². The van der Waals surface area contributed by atoms with Gasteiger partial charge in [0.25, 0.3) is 5.91 Å². The van der Waals surface area contributed by atoms with Crippen LogP contribution in [0.5, 0.6) is 28.7 Å². The number of nitrogens with zero attached hydrogens (tertiary/aromatic N) is 1. The van der Waals surface area contributed by atoms with Gasteiger partial charge in [0.05, 0.1) is 26.9 Å². The van der Waals surface area contributed by atoms with Crippen LogP contribution in [0.25, 0.3) is 5.57 Å². The summed E-state index contributed by atoms with van der Waals surface area (Å²) >= 11 is 0. The van der Waals surface area contributed by atoms with E-state index in [0.29, 0.717) is 48.3 Å². The molecule has 31 heavy (non-hydrogen) atoms. The zero-order valence-corrected chi connectivity index (χ0v) is 18.2. The average Bonchev–Trinajstić information content (AvgIpc) is 2.82. The Balaban J connectivity index is 1.53. The summed E-state index contributed by atoms with van der Waals surface area (Å²) in [5.74, 6) is 3.20. The van der Waals surface area contributed by atoms with Crippen LogP contribution in [-0.4, -0.2) is 57.4 Å². The lowest BCUT2D eigenvalue weighted by atomic mass is 9.96. The van der Waals surface area contributed by atoms with Gasteiger partial charge in [-0.05, 0) is 31.1 Å². The lowest BCUT2D eigenvalue weighted by Gasteiger charge is -2.35. The van der Waals surface area contributed by atoms with E-state index in [9.17, 15) is 4.79 Å². The van der Waals surface area contributed by atoms with Crippen molar-refractivity contribution in [1.29, 1.82) is 0 Å². The minimum Gasteiger partial charge on any atom is -0.496 e. The summed E-state index contributed by atoms with van der Waals surface area (Å²) in [6.07, 6.45) is 1.67. The maximum atomic E-state index is 13.2. The molecule has 2 aromatic carbocycles. The van der Waals surface area contributed by atoms with Crippen LogP contribution in [-0.2, 0) is 4.79 Å². The zero-order valence-electron chi connectivity index (χ0n) is 18.2. The number of fused-ring (bicyclic) bond motifs is 1. The average molecular weight is 425 g/mol. The van der Waals surface area contributed by atoms with Crippen molar-refractivity contribution in [3.8, 4) is 28.7 Å². The first kappa shape index (κ1) is 20.9. The third kappa shape index (κ3) is 4.00. The van der Waals surface area contributed by atoms with Crippen LogP contribution in [0, 0.1) is 0 Å². The molecule has 0 unspecified atom stereocenters. The molecule has 0 aliphatic carbocycles. The third-order valence-corrected chi connectivity index (χ3v) is 5.64. The Kier molecular flexibility index (Phi) is 5.93. The Labute approximate surface area is 182 Å². The first-order valence-electron chi connectivity index (χ1n) is 10.3. The number of hydrogen-bond donors (Lipinski definition) is 0. The molecule has 0 N–H and O–H groups in total. The summed E-state index contributed by atoms with van der Waals surface area (Å²) in [7, 11) is 4.85. The van der Waals surface area contributed by atoms with Gasteiger partial charge in [0.1, 0.15) is 23.4 Å². The zero-order chi connectivity index (χ0) is 22.0. The molecule has 7 heteroatoms. The molecule has 1 amide bonds. The van der Waals surface area contributed by atoms with Gasteiger partial charge in [-0.2, -0.15) is 0 Å². The van der Waals surface area contributed by atoms with Crippen LogP contribution in [0.3, 0.4) is 0 Å². The van der Waals surface area contributed by atoms with Crippen LogP contribution in [0.15, 0.2) is 42.5 Å². The van der Waals surface area contributed by atoms with Gasteiger partial charge in [0.2, 0.25) is 6.10 Å². The molecule has 0 saturated carbocycles. The number of amides is 1. The van der Waals surface area contributed by atoms with Crippen molar-refractivity contribution in [2.24, 2.45) is 0 Å². The number of para-hydroxylation sites is 2. The predicted octanol–water partition coefficient (Wildman–Crippen LogP) is 3.56. The van der Waals surface area contributed by atoms with Crippen molar-refractivity contribution < 1.29 is 28.5 Å². The second-order valence-electron chi connectivity index (χ2n) is 7.48. The molecule has 2 aliphatic rings. The molecular weight excluding hydrogens is 398 g/mol. The Hall–Kier alpha value is -3.35. The SMILES string of the molecule is COc1cc(OC)c(C2=CCN(C(=O)[C@H]3Oc4ccccc4O[C@@H]3C)CC2)c(OC)c1. The maximum absolute atomic E-state index is 13.2. The number of hydrogen-bond acceptors (Lipinski definition) is 6. The molecule has 2 atom stereocenters. The molecule has 164 valence electrons. The number of methoxy groups -OCH3 is 3. The fourth-order valence-corrected chi connectivity index (χ4v) is 3.99. The van der Waals surface area contributed by atoms with Gasteiger partial charge in [0, 0.05) is 25.2 Å². The Morgan fingerprint density at radius 2 is 1.65 bits per heavy atom. The van der Waals surface area contributed by atoms with Gasteiger partial charge >= 0.3 is 0 Å². The normalized spacial score (nSPS) is 20.0. The van der Waals surface area contributed by atoms with E-state index < -0.39 is 6.10 Å². The topological polar surface area (TPSA) is 66.5 Å². The summed E-state index contributed by atoms with van der Waals surface area (Å²) < 4.78 is 28.4. The number of carbonyl (C=O) groups excluding carboxylic acids is 1. The highest BCUT2D eigenvalue weighted by Crippen LogP contribution is 2.41. The molecule has 0 radical (unpaired) electrons. The minimum absolute atomic E-state index is 0.0778. The highest BCUT2D eigenvalue weighted by atomic mass is 16.6. The molecule has 2 aliphatic heterocycles. The minimum atomic E-state index is -0.671. The molecule has 2 aromatic rings. The highest BCUT2D eigenvalue weighted by Gasteiger charge is 2.37. The summed E-state index contributed by atoms with van der Waals surface area (Å²) in [4.78, 5) is 15.0. The van der Waals surface area contributed by atoms with Crippen molar-refractivity contribution in [1.82, 2.24) is 4.90 Å². The number of benzene rings is 2. The van der Waals surface area contributed by atoms with E-state index in [4.69, 9.17) is 23.7 Å². The fraction of sp³-hybridized carbons (Fsp3) is 0.375. The van der Waals surface area contributed by atoms with Crippen molar-refractivity contribution in [3.63, 3.8) is 0 Å². The van der Waals surface area contributed by atoms with Crippen LogP contribution < -0.4 is 23.7 Å². The number of ether oxygens (including phenoxy) is 5. The smallest absolute Gasteiger partial charge is 0.267 e. The molecule has 0 fully saturated rings. The highest BCUT2D eigenvalue weighted by molar-refractivity contribution is 5.84. The molecular formula is C24H27NO6. The quantitative estimate of drug-likeness (QED) is 0.730. The predicted molar refractivity (Wildman–Crippen MR) is 116 cm³/mol. The monoisotopic (exact) mass is 425 g/mol. The van der Waals surface area contributed by atoms with E-state index in [1.807, 2.05) is 49.4 Å². The van der Waals surface area contributed by atoms with Crippen LogP contribution in [0.1, 0.15) is 18.9 Å². The molecule has 0 spiro atoms. The lowest BCUT2D eigenvalue weighted by Crippen LogP contribution is -2.51. The van der Waals surface area contributed by atoms with E-state index in [2.05, 4.69) is 0 Å². The van der Waals surface area contributed by atoms with E-state index in [0.717, 1.165) is 11.1 Å². The number of carbonyl (C=O) groups is 1. The molecule has 4 rings (SSSR count). The summed E-state index contributed by atoms with van der Waals surface area (Å²) in [6.45, 7) is 2.90. The van der Waals surface area contributed by atoms with Gasteiger partial charge in [-0.1, -0.05) is 18.2 Å². The summed E-state index contributed by atoms with van der Waals surface area (Å²) in [6, 6.07) is 11.1. The summed E-state index contributed by atoms with van der Waals surface area (Å²) in [5.41, 5.74) is 1.96. The molecule has 2 heterocycles. The Bertz CT molecular complexity index is 976. The van der Waals surface area contributed by atoms with Crippen LogP contribution in [0.4, 0.5) is 0 Å². The van der Waals surface area contributed by atoms with Crippen LogP contribution in [0.2, 0.25) is 0 Å². The van der Waals surface area contributed by atoms with E-state index in [-0.39, 0.29) is 12.0 Å². The van der Waals surface area contributed by atoms with Gasteiger partial charge in [-0.25, -0.2) is 0 Å².